The summed E-state index contributed by atoms with van der Waals surface area (Å²) in [5.41, 5.74) is 10.9. The van der Waals surface area contributed by atoms with E-state index in [1.807, 2.05) is 18.2 Å². The van der Waals surface area contributed by atoms with Gasteiger partial charge in [-0.25, -0.2) is 9.97 Å². The molecule has 1 aliphatic rings. The highest BCUT2D eigenvalue weighted by atomic mass is 16.3. The van der Waals surface area contributed by atoms with Crippen molar-refractivity contribution in [2.75, 3.05) is 4.90 Å². The van der Waals surface area contributed by atoms with Crippen LogP contribution >= 0.6 is 0 Å². The summed E-state index contributed by atoms with van der Waals surface area (Å²) < 4.78 is 6.64. The van der Waals surface area contributed by atoms with E-state index in [9.17, 15) is 0 Å². The lowest BCUT2D eigenvalue weighted by Gasteiger charge is -2.32. The summed E-state index contributed by atoms with van der Waals surface area (Å²) in [5, 5.41) is 7.98. The molecule has 11 rings (SSSR count). The first kappa shape index (κ1) is 27.2. The molecule has 0 radical (unpaired) electrons. The SMILES string of the molecule is c1ccc(-c2ccc(-c3nc(N4c5cc6ccccc6cc5-c5cccc6cccc4c56)nc4c3oc3ccccc34)c3ccccc23)cc1. The average molecular weight is 638 g/mol. The van der Waals surface area contributed by atoms with E-state index in [2.05, 4.69) is 150 Å². The number of hydrogen-bond acceptors (Lipinski definition) is 4. The third kappa shape index (κ3) is 3.87. The molecule has 2 aromatic heterocycles. The molecule has 8 aromatic carbocycles. The van der Waals surface area contributed by atoms with Gasteiger partial charge in [0.2, 0.25) is 5.95 Å². The molecular formula is C46H27N3O. The maximum Gasteiger partial charge on any atom is 0.236 e. The largest absolute Gasteiger partial charge is 0.452 e. The fourth-order valence-electron chi connectivity index (χ4n) is 7.94. The molecule has 50 heavy (non-hydrogen) atoms. The number of para-hydroxylation sites is 1. The molecule has 0 saturated carbocycles. The summed E-state index contributed by atoms with van der Waals surface area (Å²) >= 11 is 0. The first-order chi connectivity index (χ1) is 24.8. The van der Waals surface area contributed by atoms with Crippen molar-refractivity contribution in [3.8, 4) is 33.5 Å². The van der Waals surface area contributed by atoms with Crippen LogP contribution in [0, 0.1) is 0 Å². The number of rotatable bonds is 3. The summed E-state index contributed by atoms with van der Waals surface area (Å²) in [5.74, 6) is 0.605. The second kappa shape index (κ2) is 10.4. The maximum absolute atomic E-state index is 6.64. The highest BCUT2D eigenvalue weighted by Crippen LogP contribution is 2.52. The normalized spacial score (nSPS) is 12.4. The zero-order valence-corrected chi connectivity index (χ0v) is 26.8. The van der Waals surface area contributed by atoms with Gasteiger partial charge in [0, 0.05) is 21.9 Å². The minimum absolute atomic E-state index is 0.605. The molecule has 0 saturated heterocycles. The first-order valence-electron chi connectivity index (χ1n) is 16.9. The van der Waals surface area contributed by atoms with Crippen LogP contribution in [-0.2, 0) is 0 Å². The van der Waals surface area contributed by atoms with Gasteiger partial charge in [-0.05, 0) is 74.0 Å². The standard InChI is InChI=1S/C46H27N3O/c1-2-12-28(13-3-1)32-24-25-36(34-19-7-6-18-33(32)34)43-45-44(37-20-8-9-23-41(37)50-45)48-46(47-43)49-39-22-11-17-29-16-10-21-35(42(29)39)38-26-30-14-4-5-15-31(30)27-40(38)49/h1-27H. The quantitative estimate of drug-likeness (QED) is 0.193. The number of anilines is 3. The van der Waals surface area contributed by atoms with Gasteiger partial charge in [-0.2, -0.15) is 0 Å². The van der Waals surface area contributed by atoms with Crippen molar-refractivity contribution in [2.24, 2.45) is 0 Å². The Hall–Kier alpha value is -6.78. The minimum atomic E-state index is 0.605. The molecule has 0 atom stereocenters. The Morgan fingerprint density at radius 1 is 0.440 bits per heavy atom. The molecule has 3 heterocycles. The Bertz CT molecular complexity index is 2990. The first-order valence-corrected chi connectivity index (χ1v) is 16.9. The number of hydrogen-bond donors (Lipinski definition) is 0. The summed E-state index contributed by atoms with van der Waals surface area (Å²) in [4.78, 5) is 13.1. The van der Waals surface area contributed by atoms with Crippen LogP contribution in [0.1, 0.15) is 0 Å². The van der Waals surface area contributed by atoms with Crippen molar-refractivity contribution in [1.29, 1.82) is 0 Å². The van der Waals surface area contributed by atoms with E-state index >= 15 is 0 Å². The van der Waals surface area contributed by atoms with E-state index < -0.39 is 0 Å². The van der Waals surface area contributed by atoms with Crippen molar-refractivity contribution >= 4 is 71.7 Å². The molecule has 0 bridgehead atoms. The third-order valence-electron chi connectivity index (χ3n) is 10.2. The molecule has 0 N–H and O–H groups in total. The molecule has 10 aromatic rings. The van der Waals surface area contributed by atoms with Gasteiger partial charge in [-0.1, -0.05) is 133 Å². The smallest absolute Gasteiger partial charge is 0.236 e. The van der Waals surface area contributed by atoms with E-state index in [4.69, 9.17) is 14.4 Å². The number of nitrogens with zero attached hydrogens (tertiary/aromatic N) is 3. The topological polar surface area (TPSA) is 42.2 Å². The third-order valence-corrected chi connectivity index (χ3v) is 10.2. The molecule has 232 valence electrons. The lowest BCUT2D eigenvalue weighted by Crippen LogP contribution is -2.18. The average Bonchev–Trinajstić information content (AvgIpc) is 3.56. The van der Waals surface area contributed by atoms with Gasteiger partial charge < -0.3 is 4.42 Å². The Kier molecular flexibility index (Phi) is 5.63. The molecule has 0 fully saturated rings. The summed E-state index contributed by atoms with van der Waals surface area (Å²) in [6.07, 6.45) is 0. The van der Waals surface area contributed by atoms with Gasteiger partial charge in [0.15, 0.2) is 5.58 Å². The second-order valence-electron chi connectivity index (χ2n) is 13.0. The van der Waals surface area contributed by atoms with Crippen LogP contribution in [0.5, 0.6) is 0 Å². The van der Waals surface area contributed by atoms with E-state index in [1.165, 1.54) is 38.2 Å². The van der Waals surface area contributed by atoms with Gasteiger partial charge in [0.25, 0.3) is 0 Å². The molecule has 4 heteroatoms. The van der Waals surface area contributed by atoms with Crippen molar-refractivity contribution in [3.05, 3.63) is 164 Å². The molecular weight excluding hydrogens is 611 g/mol. The zero-order chi connectivity index (χ0) is 32.8. The summed E-state index contributed by atoms with van der Waals surface area (Å²) in [6, 6.07) is 57.9. The van der Waals surface area contributed by atoms with Gasteiger partial charge >= 0.3 is 0 Å². The monoisotopic (exact) mass is 637 g/mol. The molecule has 1 aliphatic heterocycles. The van der Waals surface area contributed by atoms with E-state index in [1.54, 1.807) is 0 Å². The second-order valence-corrected chi connectivity index (χ2v) is 13.0. The minimum Gasteiger partial charge on any atom is -0.452 e. The Morgan fingerprint density at radius 2 is 1.10 bits per heavy atom. The Balaban J connectivity index is 1.25. The van der Waals surface area contributed by atoms with E-state index in [0.717, 1.165) is 55.5 Å². The van der Waals surface area contributed by atoms with Gasteiger partial charge in [-0.3, -0.25) is 4.90 Å². The van der Waals surface area contributed by atoms with E-state index in [0.29, 0.717) is 11.5 Å². The van der Waals surface area contributed by atoms with Crippen LogP contribution in [0.4, 0.5) is 17.3 Å². The highest BCUT2D eigenvalue weighted by molar-refractivity contribution is 6.16. The predicted molar refractivity (Wildman–Crippen MR) is 206 cm³/mol. The van der Waals surface area contributed by atoms with Gasteiger partial charge in [-0.15, -0.1) is 0 Å². The lowest BCUT2D eigenvalue weighted by molar-refractivity contribution is 0.667. The fraction of sp³-hybridized carbons (Fsp3) is 0. The van der Waals surface area contributed by atoms with Gasteiger partial charge in [0.05, 0.1) is 11.4 Å². The number of furan rings is 1. The molecule has 4 nitrogen and oxygen atoms in total. The van der Waals surface area contributed by atoms with E-state index in [-0.39, 0.29) is 0 Å². The van der Waals surface area contributed by atoms with Crippen molar-refractivity contribution in [1.82, 2.24) is 9.97 Å². The molecule has 0 amide bonds. The predicted octanol–water partition coefficient (Wildman–Crippen LogP) is 12.6. The fourth-order valence-corrected chi connectivity index (χ4v) is 7.94. The van der Waals surface area contributed by atoms with Crippen LogP contribution in [0.25, 0.3) is 87.9 Å². The number of benzene rings is 8. The number of aromatic nitrogens is 2. The van der Waals surface area contributed by atoms with Crippen molar-refractivity contribution in [3.63, 3.8) is 0 Å². The Labute approximate surface area is 287 Å². The molecule has 0 aliphatic carbocycles. The van der Waals surface area contributed by atoms with Crippen LogP contribution in [0.2, 0.25) is 0 Å². The summed E-state index contributed by atoms with van der Waals surface area (Å²) in [7, 11) is 0. The van der Waals surface area contributed by atoms with Crippen LogP contribution in [-0.4, -0.2) is 9.97 Å². The van der Waals surface area contributed by atoms with Crippen molar-refractivity contribution < 1.29 is 4.42 Å². The lowest BCUT2D eigenvalue weighted by atomic mass is 9.89. The van der Waals surface area contributed by atoms with Crippen LogP contribution in [0.3, 0.4) is 0 Å². The molecule has 0 spiro atoms. The van der Waals surface area contributed by atoms with Gasteiger partial charge in [0.1, 0.15) is 16.8 Å². The van der Waals surface area contributed by atoms with Crippen LogP contribution in [0.15, 0.2) is 168 Å². The highest BCUT2D eigenvalue weighted by Gasteiger charge is 2.30. The van der Waals surface area contributed by atoms with Crippen molar-refractivity contribution in [2.45, 2.75) is 0 Å². The zero-order valence-electron chi connectivity index (χ0n) is 26.8. The Morgan fingerprint density at radius 3 is 1.94 bits per heavy atom. The summed E-state index contributed by atoms with van der Waals surface area (Å²) in [6.45, 7) is 0. The molecule has 0 unspecified atom stereocenters. The maximum atomic E-state index is 6.64. The van der Waals surface area contributed by atoms with Crippen LogP contribution < -0.4 is 4.90 Å². The number of fused-ring (bicyclic) bond motifs is 7.